The zero-order chi connectivity index (χ0) is 38.9. The van der Waals surface area contributed by atoms with E-state index in [-0.39, 0.29) is 0 Å². The molecule has 0 spiro atoms. The maximum absolute atomic E-state index is 2.46. The highest BCUT2D eigenvalue weighted by Gasteiger charge is 2.46. The molecule has 0 aromatic heterocycles. The second-order valence-electron chi connectivity index (χ2n) is 15.6. The Bertz CT molecular complexity index is 3170. The smallest absolute Gasteiger partial charge is 0.0714 e. The van der Waals surface area contributed by atoms with Gasteiger partial charge in [-0.1, -0.05) is 176 Å². The number of rotatable bonds is 6. The van der Waals surface area contributed by atoms with Crippen molar-refractivity contribution in [1.82, 2.24) is 0 Å². The fourth-order valence-electron chi connectivity index (χ4n) is 10.2. The van der Waals surface area contributed by atoms with Crippen molar-refractivity contribution in [3.05, 3.63) is 253 Å². The van der Waals surface area contributed by atoms with Gasteiger partial charge in [0.1, 0.15) is 0 Å². The lowest BCUT2D eigenvalue weighted by Crippen LogP contribution is -2.28. The zero-order valence-corrected chi connectivity index (χ0v) is 32.3. The highest BCUT2D eigenvalue weighted by atomic mass is 15.2. The van der Waals surface area contributed by atoms with Crippen molar-refractivity contribution in [2.24, 2.45) is 0 Å². The first-order valence-corrected chi connectivity index (χ1v) is 20.4. The maximum atomic E-state index is 2.46. The third-order valence-corrected chi connectivity index (χ3v) is 12.6. The quantitative estimate of drug-likeness (QED) is 0.167. The van der Waals surface area contributed by atoms with Gasteiger partial charge in [0.05, 0.1) is 22.5 Å². The molecule has 59 heavy (non-hydrogen) atoms. The molecule has 2 aliphatic rings. The van der Waals surface area contributed by atoms with E-state index in [9.17, 15) is 0 Å². The molecular formula is C57H38N2. The van der Waals surface area contributed by atoms with Crippen LogP contribution in [0.3, 0.4) is 0 Å². The Morgan fingerprint density at radius 2 is 0.915 bits per heavy atom. The van der Waals surface area contributed by atoms with Gasteiger partial charge in [0.25, 0.3) is 0 Å². The number of benzene rings is 10. The highest BCUT2D eigenvalue weighted by molar-refractivity contribution is 6.13. The summed E-state index contributed by atoms with van der Waals surface area (Å²) in [6.07, 6.45) is 0. The van der Waals surface area contributed by atoms with E-state index in [2.05, 4.69) is 240 Å². The van der Waals surface area contributed by atoms with Gasteiger partial charge in [-0.05, 0) is 104 Å². The summed E-state index contributed by atoms with van der Waals surface area (Å²) in [6, 6.07) is 84.9. The minimum absolute atomic E-state index is 0.502. The Morgan fingerprint density at radius 1 is 0.356 bits per heavy atom. The molecule has 0 bridgehead atoms. The molecule has 0 radical (unpaired) electrons. The van der Waals surface area contributed by atoms with Crippen molar-refractivity contribution in [2.45, 2.75) is 5.41 Å². The van der Waals surface area contributed by atoms with Crippen LogP contribution >= 0.6 is 0 Å². The summed E-state index contributed by atoms with van der Waals surface area (Å²) in [5.74, 6) is 0. The normalized spacial score (nSPS) is 13.2. The van der Waals surface area contributed by atoms with Crippen molar-refractivity contribution >= 4 is 55.7 Å². The van der Waals surface area contributed by atoms with E-state index < -0.39 is 5.41 Å². The van der Waals surface area contributed by atoms with E-state index in [1.165, 1.54) is 77.4 Å². The predicted molar refractivity (Wildman–Crippen MR) is 247 cm³/mol. The number of anilines is 6. The summed E-state index contributed by atoms with van der Waals surface area (Å²) < 4.78 is 0. The number of nitrogens with zero attached hydrogens (tertiary/aromatic N) is 2. The van der Waals surface area contributed by atoms with E-state index in [4.69, 9.17) is 0 Å². The SMILES string of the molecule is c1ccc(C2(c3ccccc3)c3ccccc3-c3ccc(N(c4ccc(N5c6ccccc6-c6cccc7cccc5c67)cc4)c4cccc5ccccc45)cc32)cc1. The fourth-order valence-corrected chi connectivity index (χ4v) is 10.2. The number of hydrogen-bond acceptors (Lipinski definition) is 2. The van der Waals surface area contributed by atoms with Gasteiger partial charge in [-0.3, -0.25) is 0 Å². The summed E-state index contributed by atoms with van der Waals surface area (Å²) in [5, 5.41) is 4.95. The molecule has 10 aromatic rings. The topological polar surface area (TPSA) is 6.48 Å². The average Bonchev–Trinajstić information content (AvgIpc) is 3.61. The second-order valence-corrected chi connectivity index (χ2v) is 15.6. The van der Waals surface area contributed by atoms with Gasteiger partial charge in [-0.2, -0.15) is 0 Å². The number of fused-ring (bicyclic) bond motifs is 6. The molecule has 10 aromatic carbocycles. The van der Waals surface area contributed by atoms with Gasteiger partial charge in [-0.25, -0.2) is 0 Å². The van der Waals surface area contributed by atoms with Crippen molar-refractivity contribution in [3.8, 4) is 22.3 Å². The van der Waals surface area contributed by atoms with Crippen molar-refractivity contribution in [2.75, 3.05) is 9.80 Å². The minimum Gasteiger partial charge on any atom is -0.310 e. The Labute approximate surface area is 344 Å². The monoisotopic (exact) mass is 750 g/mol. The van der Waals surface area contributed by atoms with Crippen molar-refractivity contribution < 1.29 is 0 Å². The lowest BCUT2D eigenvalue weighted by atomic mass is 9.67. The van der Waals surface area contributed by atoms with Gasteiger partial charge in [0.2, 0.25) is 0 Å². The van der Waals surface area contributed by atoms with Crippen LogP contribution in [-0.4, -0.2) is 0 Å². The van der Waals surface area contributed by atoms with Crippen LogP contribution in [0.2, 0.25) is 0 Å². The van der Waals surface area contributed by atoms with Gasteiger partial charge < -0.3 is 9.80 Å². The Kier molecular flexibility index (Phi) is 7.48. The van der Waals surface area contributed by atoms with E-state index in [1.807, 2.05) is 0 Å². The van der Waals surface area contributed by atoms with Crippen LogP contribution in [0.1, 0.15) is 22.3 Å². The first kappa shape index (κ1) is 33.5. The van der Waals surface area contributed by atoms with E-state index >= 15 is 0 Å². The summed E-state index contributed by atoms with van der Waals surface area (Å²) in [4.78, 5) is 4.88. The first-order chi connectivity index (χ1) is 29.3. The second kappa shape index (κ2) is 13.2. The molecule has 2 heteroatoms. The van der Waals surface area contributed by atoms with Gasteiger partial charge in [0, 0.05) is 33.4 Å². The summed E-state index contributed by atoms with van der Waals surface area (Å²) in [7, 11) is 0. The lowest BCUT2D eigenvalue weighted by Gasteiger charge is -2.35. The van der Waals surface area contributed by atoms with Crippen LogP contribution in [0.4, 0.5) is 34.1 Å². The standard InChI is InChI=1S/C57H38N2/c1-3-20-41(21-4-1)57(42-22-5-2-6-23-42)51-28-11-9-25-47(51)48-37-36-45(38-52(48)57)58(53-30-14-17-39-16-7-8-24-46(39)53)43-32-34-44(35-33-43)59-54-29-12-10-26-49(54)50-27-13-18-40-19-15-31-55(59)56(40)50/h1-38H. The van der Waals surface area contributed by atoms with Crippen molar-refractivity contribution in [1.29, 1.82) is 0 Å². The van der Waals surface area contributed by atoms with Crippen LogP contribution in [0.15, 0.2) is 231 Å². The molecule has 0 saturated carbocycles. The third kappa shape index (κ3) is 4.93. The third-order valence-electron chi connectivity index (χ3n) is 12.6. The summed E-state index contributed by atoms with van der Waals surface area (Å²) >= 11 is 0. The molecule has 0 unspecified atom stereocenters. The molecule has 1 aliphatic heterocycles. The summed E-state index contributed by atoms with van der Waals surface area (Å²) in [5.41, 5.74) is 16.5. The summed E-state index contributed by atoms with van der Waals surface area (Å²) in [6.45, 7) is 0. The van der Waals surface area contributed by atoms with Crippen LogP contribution in [0.25, 0.3) is 43.8 Å². The van der Waals surface area contributed by atoms with Crippen molar-refractivity contribution in [3.63, 3.8) is 0 Å². The lowest BCUT2D eigenvalue weighted by molar-refractivity contribution is 0.768. The molecule has 0 saturated heterocycles. The molecule has 276 valence electrons. The van der Waals surface area contributed by atoms with Crippen LogP contribution in [-0.2, 0) is 5.41 Å². The Hall–Kier alpha value is -7.68. The predicted octanol–water partition coefficient (Wildman–Crippen LogP) is 15.3. The maximum Gasteiger partial charge on any atom is 0.0714 e. The first-order valence-electron chi connectivity index (χ1n) is 20.4. The molecular weight excluding hydrogens is 713 g/mol. The molecule has 0 amide bonds. The molecule has 12 rings (SSSR count). The Morgan fingerprint density at radius 3 is 1.71 bits per heavy atom. The number of para-hydroxylation sites is 1. The molecule has 2 nitrogen and oxygen atoms in total. The molecule has 1 heterocycles. The van der Waals surface area contributed by atoms with Crippen LogP contribution in [0, 0.1) is 0 Å². The van der Waals surface area contributed by atoms with E-state index in [0.29, 0.717) is 0 Å². The van der Waals surface area contributed by atoms with Crippen LogP contribution < -0.4 is 9.80 Å². The molecule has 1 aliphatic carbocycles. The fraction of sp³-hybridized carbons (Fsp3) is 0.0175. The van der Waals surface area contributed by atoms with E-state index in [1.54, 1.807) is 0 Å². The minimum atomic E-state index is -0.502. The number of hydrogen-bond donors (Lipinski definition) is 0. The molecule has 0 fully saturated rings. The highest BCUT2D eigenvalue weighted by Crippen LogP contribution is 2.58. The average molecular weight is 751 g/mol. The Balaban J connectivity index is 1.08. The van der Waals surface area contributed by atoms with Gasteiger partial charge >= 0.3 is 0 Å². The van der Waals surface area contributed by atoms with Gasteiger partial charge in [0.15, 0.2) is 0 Å². The molecule has 0 N–H and O–H groups in total. The largest absolute Gasteiger partial charge is 0.310 e. The van der Waals surface area contributed by atoms with Gasteiger partial charge in [-0.15, -0.1) is 0 Å². The zero-order valence-electron chi connectivity index (χ0n) is 32.3. The van der Waals surface area contributed by atoms with Crippen LogP contribution in [0.5, 0.6) is 0 Å². The van der Waals surface area contributed by atoms with E-state index in [0.717, 1.165) is 22.7 Å². The molecule has 0 atom stereocenters.